The molecule has 6 amide bonds. The van der Waals surface area contributed by atoms with Gasteiger partial charge in [0.1, 0.15) is 23.7 Å². The highest BCUT2D eigenvalue weighted by molar-refractivity contribution is 5.94. The van der Waals surface area contributed by atoms with Crippen molar-refractivity contribution in [2.24, 2.45) is 23.5 Å². The Kier molecular flexibility index (Phi) is 17.1. The van der Waals surface area contributed by atoms with E-state index < -0.39 is 83.9 Å². The lowest BCUT2D eigenvalue weighted by Crippen LogP contribution is -2.58. The van der Waals surface area contributed by atoms with Crippen LogP contribution in [0.5, 0.6) is 0 Å². The number of benzene rings is 1. The minimum atomic E-state index is -1.41. The van der Waals surface area contributed by atoms with Crippen molar-refractivity contribution < 1.29 is 38.6 Å². The topological polar surface area (TPSA) is 218 Å². The maximum atomic E-state index is 13.4. The zero-order chi connectivity index (χ0) is 36.8. The maximum Gasteiger partial charge on any atom is 0.408 e. The number of aliphatic hydroxyl groups excluding tert-OH is 1. The molecule has 0 aliphatic carbocycles. The number of carbonyl (C=O) groups excluding carboxylic acids is 6. The van der Waals surface area contributed by atoms with Crippen LogP contribution in [0.4, 0.5) is 4.79 Å². The Labute approximate surface area is 284 Å². The quantitative estimate of drug-likeness (QED) is 0.121. The number of rotatable bonds is 18. The second kappa shape index (κ2) is 19.6. The van der Waals surface area contributed by atoms with Gasteiger partial charge < -0.3 is 42.2 Å². The lowest BCUT2D eigenvalue weighted by atomic mass is 9.92. The molecule has 0 aliphatic heterocycles. The highest BCUT2D eigenvalue weighted by atomic mass is 16.6. The number of alkyl carbamates (subject to hydrolysis) is 1. The molecular weight excluding hydrogens is 620 g/mol. The van der Waals surface area contributed by atoms with Crippen molar-refractivity contribution in [2.45, 2.75) is 124 Å². The van der Waals surface area contributed by atoms with Crippen LogP contribution in [0, 0.1) is 17.8 Å². The van der Waals surface area contributed by atoms with Gasteiger partial charge in [-0.1, -0.05) is 65.0 Å². The SMILES string of the molecule is CC(C)C[C@H](NC(=O)C(CC(N)=O)NC(=O)[C@@H](NC(=O)OC(C)(C)C)C(C)C)C(O)CC(C)C(=O)NC(C)C(=O)NCc1ccccc1. The summed E-state index contributed by atoms with van der Waals surface area (Å²) < 4.78 is 5.25. The van der Waals surface area contributed by atoms with E-state index in [0.29, 0.717) is 13.0 Å². The first-order valence-corrected chi connectivity index (χ1v) is 16.4. The summed E-state index contributed by atoms with van der Waals surface area (Å²) >= 11 is 0. The fourth-order valence-corrected chi connectivity index (χ4v) is 4.74. The van der Waals surface area contributed by atoms with Crippen LogP contribution in [0.15, 0.2) is 30.3 Å². The van der Waals surface area contributed by atoms with Crippen molar-refractivity contribution in [3.63, 3.8) is 0 Å². The van der Waals surface area contributed by atoms with Gasteiger partial charge >= 0.3 is 6.09 Å². The predicted molar refractivity (Wildman–Crippen MR) is 181 cm³/mol. The number of hydrogen-bond donors (Lipinski definition) is 7. The number of primary amides is 1. The van der Waals surface area contributed by atoms with Crippen molar-refractivity contribution >= 4 is 35.6 Å². The molecule has 0 saturated heterocycles. The Bertz CT molecular complexity index is 1230. The van der Waals surface area contributed by atoms with E-state index in [-0.39, 0.29) is 18.2 Å². The molecule has 48 heavy (non-hydrogen) atoms. The molecular formula is C34H56N6O8. The number of nitrogens with two attached hydrogens (primary N) is 1. The highest BCUT2D eigenvalue weighted by Crippen LogP contribution is 2.17. The summed E-state index contributed by atoms with van der Waals surface area (Å²) in [6.07, 6.45) is -2.30. The molecule has 0 aliphatic rings. The number of amides is 6. The van der Waals surface area contributed by atoms with Crippen LogP contribution in [0.3, 0.4) is 0 Å². The van der Waals surface area contributed by atoms with Gasteiger partial charge in [0.2, 0.25) is 29.5 Å². The van der Waals surface area contributed by atoms with Crippen molar-refractivity contribution in [2.75, 3.05) is 0 Å². The van der Waals surface area contributed by atoms with E-state index >= 15 is 0 Å². The molecule has 270 valence electrons. The van der Waals surface area contributed by atoms with Crippen molar-refractivity contribution in [1.82, 2.24) is 26.6 Å². The first-order valence-electron chi connectivity index (χ1n) is 16.4. The first-order chi connectivity index (χ1) is 22.2. The molecule has 0 spiro atoms. The Hall–Kier alpha value is -4.20. The smallest absolute Gasteiger partial charge is 0.408 e. The molecule has 1 rings (SSSR count). The molecule has 0 radical (unpaired) electrons. The monoisotopic (exact) mass is 676 g/mol. The lowest BCUT2D eigenvalue weighted by Gasteiger charge is -2.30. The molecule has 0 aromatic heterocycles. The van der Waals surface area contributed by atoms with Crippen LogP contribution >= 0.6 is 0 Å². The van der Waals surface area contributed by atoms with E-state index in [9.17, 15) is 33.9 Å². The molecule has 4 unspecified atom stereocenters. The second-order valence-electron chi connectivity index (χ2n) is 14.0. The third kappa shape index (κ3) is 16.1. The summed E-state index contributed by atoms with van der Waals surface area (Å²) in [6.45, 7) is 15.6. The Morgan fingerprint density at radius 2 is 1.40 bits per heavy atom. The van der Waals surface area contributed by atoms with Gasteiger partial charge in [-0.05, 0) is 57.9 Å². The van der Waals surface area contributed by atoms with Crippen LogP contribution in [0.2, 0.25) is 0 Å². The number of ether oxygens (including phenoxy) is 1. The highest BCUT2D eigenvalue weighted by Gasteiger charge is 2.34. The number of carbonyl (C=O) groups is 6. The Balaban J connectivity index is 2.94. The fraction of sp³-hybridized carbons (Fsp3) is 0.647. The molecule has 1 aromatic carbocycles. The zero-order valence-corrected chi connectivity index (χ0v) is 29.7. The van der Waals surface area contributed by atoms with Crippen LogP contribution in [0.1, 0.15) is 87.1 Å². The lowest BCUT2D eigenvalue weighted by molar-refractivity contribution is -0.133. The molecule has 1 aromatic rings. The summed E-state index contributed by atoms with van der Waals surface area (Å²) in [5.74, 6) is -4.31. The predicted octanol–water partition coefficient (Wildman–Crippen LogP) is 1.64. The van der Waals surface area contributed by atoms with Crippen molar-refractivity contribution in [1.29, 1.82) is 0 Å². The van der Waals surface area contributed by atoms with E-state index in [4.69, 9.17) is 10.5 Å². The minimum absolute atomic E-state index is 0.00921. The largest absolute Gasteiger partial charge is 0.444 e. The van der Waals surface area contributed by atoms with Gasteiger partial charge in [-0.15, -0.1) is 0 Å². The van der Waals surface area contributed by atoms with Gasteiger partial charge in [0.15, 0.2) is 0 Å². The molecule has 8 N–H and O–H groups in total. The Morgan fingerprint density at radius 3 is 1.92 bits per heavy atom. The van der Waals surface area contributed by atoms with E-state index in [1.165, 1.54) is 0 Å². The molecule has 0 saturated carbocycles. The average Bonchev–Trinajstić information content (AvgIpc) is 2.96. The van der Waals surface area contributed by atoms with Crippen LogP contribution < -0.4 is 32.3 Å². The minimum Gasteiger partial charge on any atom is -0.444 e. The van der Waals surface area contributed by atoms with Gasteiger partial charge in [0.05, 0.1) is 18.6 Å². The van der Waals surface area contributed by atoms with E-state index in [1.807, 2.05) is 44.2 Å². The standard InChI is InChI=1S/C34H56N6O8/c1-19(2)15-24(26(41)16-21(5)29(43)37-22(6)30(44)36-18-23-13-11-10-12-14-23)38-31(45)25(17-27(35)42)39-32(46)28(20(3)4)40-33(47)48-34(7,8)9/h10-14,19-22,24-26,28,41H,15-18H2,1-9H3,(H2,35,42)(H,36,44)(H,37,43)(H,38,45)(H,39,46)(H,40,47)/t21?,22?,24-,25?,26?,28-/m0/s1. The summed E-state index contributed by atoms with van der Waals surface area (Å²) in [4.78, 5) is 76.4. The molecule has 0 heterocycles. The fourth-order valence-electron chi connectivity index (χ4n) is 4.74. The molecule has 6 atom stereocenters. The molecule has 14 nitrogen and oxygen atoms in total. The number of aliphatic hydroxyl groups is 1. The van der Waals surface area contributed by atoms with Crippen molar-refractivity contribution in [3.05, 3.63) is 35.9 Å². The van der Waals surface area contributed by atoms with Gasteiger partial charge in [0.25, 0.3) is 0 Å². The van der Waals surface area contributed by atoms with Gasteiger partial charge in [-0.25, -0.2) is 4.79 Å². The van der Waals surface area contributed by atoms with Crippen LogP contribution in [-0.2, 0) is 35.3 Å². The maximum absolute atomic E-state index is 13.4. The third-order valence-electron chi connectivity index (χ3n) is 7.28. The molecule has 0 fully saturated rings. The van der Waals surface area contributed by atoms with E-state index in [2.05, 4.69) is 26.6 Å². The van der Waals surface area contributed by atoms with Crippen LogP contribution in [-0.4, -0.2) is 76.6 Å². The average molecular weight is 677 g/mol. The third-order valence-corrected chi connectivity index (χ3v) is 7.28. The summed E-state index contributed by atoms with van der Waals surface area (Å²) in [5, 5.41) is 24.3. The summed E-state index contributed by atoms with van der Waals surface area (Å²) in [7, 11) is 0. The molecule has 14 heteroatoms. The van der Waals surface area contributed by atoms with Crippen molar-refractivity contribution in [3.8, 4) is 0 Å². The number of hydrogen-bond acceptors (Lipinski definition) is 8. The van der Waals surface area contributed by atoms with E-state index in [1.54, 1.807) is 48.5 Å². The van der Waals surface area contributed by atoms with Gasteiger partial charge in [-0.3, -0.25) is 24.0 Å². The molecule has 0 bridgehead atoms. The van der Waals surface area contributed by atoms with E-state index in [0.717, 1.165) is 5.56 Å². The normalized spacial score (nSPS) is 15.2. The second-order valence-corrected chi connectivity index (χ2v) is 14.0. The summed E-state index contributed by atoms with van der Waals surface area (Å²) in [5.41, 5.74) is 5.49. The zero-order valence-electron chi connectivity index (χ0n) is 29.7. The number of nitrogens with one attached hydrogen (secondary N) is 5. The summed E-state index contributed by atoms with van der Waals surface area (Å²) in [6, 6.07) is 5.14. The van der Waals surface area contributed by atoms with Crippen LogP contribution in [0.25, 0.3) is 0 Å². The first kappa shape index (κ1) is 41.8. The van der Waals surface area contributed by atoms with Gasteiger partial charge in [-0.2, -0.15) is 0 Å². The Morgan fingerprint density at radius 1 is 0.792 bits per heavy atom. The van der Waals surface area contributed by atoms with Gasteiger partial charge in [0, 0.05) is 12.5 Å².